The number of rotatable bonds is 3. The first-order chi connectivity index (χ1) is 15.7. The van der Waals surface area contributed by atoms with E-state index in [0.717, 1.165) is 14.0 Å². The van der Waals surface area contributed by atoms with Crippen molar-refractivity contribution in [3.63, 3.8) is 0 Å². The van der Waals surface area contributed by atoms with Gasteiger partial charge in [0.05, 0.1) is 42.0 Å². The van der Waals surface area contributed by atoms with Gasteiger partial charge in [0, 0.05) is 24.5 Å². The maximum Gasteiger partial charge on any atom is 0.264 e. The molecule has 0 bridgehead atoms. The SMILES string of the molecule is Cc1nc2ccc(S(=O)(=O)N3CCS(=O)(=O)c4ccc(-c5ncc(C#N)cn5)cc43)cc2s1. The second-order valence-electron chi connectivity index (χ2n) is 7.35. The Hall–Kier alpha value is -3.40. The lowest BCUT2D eigenvalue weighted by Gasteiger charge is -2.30. The van der Waals surface area contributed by atoms with Crippen molar-refractivity contribution in [3.8, 4) is 17.5 Å². The number of hydrogen-bond acceptors (Lipinski definition) is 9. The van der Waals surface area contributed by atoms with Crippen LogP contribution in [0.3, 0.4) is 0 Å². The number of benzene rings is 2. The zero-order chi connectivity index (χ0) is 23.4. The molecule has 0 atom stereocenters. The Balaban J connectivity index is 1.65. The summed E-state index contributed by atoms with van der Waals surface area (Å²) in [5.41, 5.74) is 1.46. The van der Waals surface area contributed by atoms with Gasteiger partial charge >= 0.3 is 0 Å². The lowest BCUT2D eigenvalue weighted by molar-refractivity contribution is 0.584. The fourth-order valence-corrected chi connectivity index (χ4v) is 7.66. The normalized spacial score (nSPS) is 15.2. The van der Waals surface area contributed by atoms with E-state index in [4.69, 9.17) is 5.26 Å². The number of thiazole rings is 1. The van der Waals surface area contributed by atoms with Crippen LogP contribution >= 0.6 is 11.3 Å². The first-order valence-corrected chi connectivity index (χ1v) is 13.6. The van der Waals surface area contributed by atoms with E-state index in [0.29, 0.717) is 11.1 Å². The molecule has 0 spiro atoms. The third kappa shape index (κ3) is 3.64. The molecule has 2 aromatic heterocycles. The predicted octanol–water partition coefficient (Wildman–Crippen LogP) is 2.92. The largest absolute Gasteiger partial charge is 0.264 e. The van der Waals surface area contributed by atoms with Gasteiger partial charge in [-0.05, 0) is 43.3 Å². The Morgan fingerprint density at radius 1 is 1.12 bits per heavy atom. The van der Waals surface area contributed by atoms with Crippen LogP contribution < -0.4 is 4.31 Å². The number of sulfonamides is 1. The summed E-state index contributed by atoms with van der Waals surface area (Å²) in [5, 5.41) is 9.76. The van der Waals surface area contributed by atoms with Gasteiger partial charge in [-0.3, -0.25) is 4.31 Å². The minimum absolute atomic E-state index is 0.0484. The molecule has 0 saturated carbocycles. The minimum Gasteiger partial charge on any atom is -0.264 e. The van der Waals surface area contributed by atoms with Gasteiger partial charge < -0.3 is 0 Å². The molecule has 0 fully saturated rings. The summed E-state index contributed by atoms with van der Waals surface area (Å²) in [5.74, 6) is -0.0768. The third-order valence-electron chi connectivity index (χ3n) is 5.22. The van der Waals surface area contributed by atoms with Crippen LogP contribution in [0.1, 0.15) is 10.6 Å². The summed E-state index contributed by atoms with van der Waals surface area (Å²) >= 11 is 1.39. The van der Waals surface area contributed by atoms with Crippen LogP contribution in [-0.4, -0.2) is 44.1 Å². The third-order valence-corrected chi connectivity index (χ3v) is 9.70. The molecule has 33 heavy (non-hydrogen) atoms. The highest BCUT2D eigenvalue weighted by atomic mass is 32.2. The Kier molecular flexibility index (Phi) is 4.93. The maximum absolute atomic E-state index is 13.6. The van der Waals surface area contributed by atoms with Crippen molar-refractivity contribution in [1.82, 2.24) is 15.0 Å². The molecule has 0 radical (unpaired) electrons. The molecule has 166 valence electrons. The van der Waals surface area contributed by atoms with E-state index >= 15 is 0 Å². The Labute approximate surface area is 194 Å². The molecule has 4 aromatic rings. The fraction of sp³-hybridized carbons (Fsp3) is 0.143. The van der Waals surface area contributed by atoms with E-state index in [9.17, 15) is 16.8 Å². The number of nitriles is 1. The van der Waals surface area contributed by atoms with E-state index < -0.39 is 19.9 Å². The smallest absolute Gasteiger partial charge is 0.264 e. The van der Waals surface area contributed by atoms with Crippen molar-refractivity contribution in [2.45, 2.75) is 16.7 Å². The molecule has 1 aliphatic rings. The molecule has 0 unspecified atom stereocenters. The highest BCUT2D eigenvalue weighted by molar-refractivity contribution is 7.94. The van der Waals surface area contributed by atoms with Crippen molar-refractivity contribution in [2.75, 3.05) is 16.6 Å². The average Bonchev–Trinajstić information content (AvgIpc) is 3.18. The van der Waals surface area contributed by atoms with Gasteiger partial charge in [0.2, 0.25) is 0 Å². The zero-order valence-electron chi connectivity index (χ0n) is 17.1. The lowest BCUT2D eigenvalue weighted by Crippen LogP contribution is -2.39. The molecule has 2 aromatic carbocycles. The number of nitrogens with zero attached hydrogens (tertiary/aromatic N) is 5. The molecule has 9 nitrogen and oxygen atoms in total. The summed E-state index contributed by atoms with van der Waals surface area (Å²) in [4.78, 5) is 12.6. The number of hydrogen-bond donors (Lipinski definition) is 0. The van der Waals surface area contributed by atoms with Gasteiger partial charge in [-0.2, -0.15) is 5.26 Å². The quantitative estimate of drug-likeness (QED) is 0.422. The van der Waals surface area contributed by atoms with Gasteiger partial charge in [-0.1, -0.05) is 0 Å². The lowest BCUT2D eigenvalue weighted by atomic mass is 10.2. The Bertz CT molecular complexity index is 1670. The van der Waals surface area contributed by atoms with E-state index in [1.807, 2.05) is 13.0 Å². The summed E-state index contributed by atoms with van der Waals surface area (Å²) in [6.07, 6.45) is 2.69. The first kappa shape index (κ1) is 21.4. The zero-order valence-corrected chi connectivity index (χ0v) is 19.6. The van der Waals surface area contributed by atoms with Crippen LogP contribution in [0.15, 0.2) is 58.6 Å². The molecule has 0 saturated heterocycles. The van der Waals surface area contributed by atoms with E-state index in [1.165, 1.54) is 48.0 Å². The van der Waals surface area contributed by atoms with Gasteiger partial charge in [0.15, 0.2) is 15.7 Å². The van der Waals surface area contributed by atoms with Crippen molar-refractivity contribution < 1.29 is 16.8 Å². The molecule has 1 aliphatic heterocycles. The van der Waals surface area contributed by atoms with Crippen molar-refractivity contribution >= 4 is 47.1 Å². The minimum atomic E-state index is -4.05. The highest BCUT2D eigenvalue weighted by Gasteiger charge is 2.36. The van der Waals surface area contributed by atoms with Gasteiger partial charge in [-0.25, -0.2) is 31.8 Å². The van der Waals surface area contributed by atoms with Gasteiger partial charge in [0.1, 0.15) is 6.07 Å². The van der Waals surface area contributed by atoms with E-state index in [-0.39, 0.29) is 39.2 Å². The molecular formula is C21H15N5O4S3. The van der Waals surface area contributed by atoms with Crippen LogP contribution in [0, 0.1) is 18.3 Å². The Morgan fingerprint density at radius 2 is 1.88 bits per heavy atom. The summed E-state index contributed by atoms with van der Waals surface area (Å²) in [6, 6.07) is 11.0. The second kappa shape index (κ2) is 7.58. The highest BCUT2D eigenvalue weighted by Crippen LogP contribution is 2.37. The van der Waals surface area contributed by atoms with Crippen LogP contribution in [0.5, 0.6) is 0 Å². The molecule has 0 N–H and O–H groups in total. The summed E-state index contributed by atoms with van der Waals surface area (Å²) in [7, 11) is -7.71. The number of anilines is 1. The van der Waals surface area contributed by atoms with Crippen LogP contribution in [0.25, 0.3) is 21.6 Å². The summed E-state index contributed by atoms with van der Waals surface area (Å²) in [6.45, 7) is 1.63. The maximum atomic E-state index is 13.6. The van der Waals surface area contributed by atoms with Crippen LogP contribution in [-0.2, 0) is 19.9 Å². The van der Waals surface area contributed by atoms with E-state index in [2.05, 4.69) is 15.0 Å². The average molecular weight is 498 g/mol. The molecule has 0 amide bonds. The predicted molar refractivity (Wildman–Crippen MR) is 123 cm³/mol. The number of fused-ring (bicyclic) bond motifs is 2. The molecule has 12 heteroatoms. The molecule has 5 rings (SSSR count). The monoisotopic (exact) mass is 497 g/mol. The molecular weight excluding hydrogens is 482 g/mol. The van der Waals surface area contributed by atoms with Crippen molar-refractivity contribution in [2.24, 2.45) is 0 Å². The number of aromatic nitrogens is 3. The van der Waals surface area contributed by atoms with Gasteiger partial charge in [0.25, 0.3) is 10.0 Å². The van der Waals surface area contributed by atoms with Crippen molar-refractivity contribution in [3.05, 3.63) is 59.4 Å². The Morgan fingerprint density at radius 3 is 2.61 bits per heavy atom. The van der Waals surface area contributed by atoms with Gasteiger partial charge in [-0.15, -0.1) is 11.3 Å². The second-order valence-corrected chi connectivity index (χ2v) is 12.5. The van der Waals surface area contributed by atoms with Crippen LogP contribution in [0.4, 0.5) is 5.69 Å². The molecule has 3 heterocycles. The van der Waals surface area contributed by atoms with Crippen molar-refractivity contribution in [1.29, 1.82) is 5.26 Å². The van der Waals surface area contributed by atoms with Crippen LogP contribution in [0.2, 0.25) is 0 Å². The molecule has 0 aliphatic carbocycles. The van der Waals surface area contributed by atoms with E-state index in [1.54, 1.807) is 12.1 Å². The fourth-order valence-electron chi connectivity index (χ4n) is 3.64. The standard InChI is InChI=1S/C21H15N5O4S3/c1-13-25-17-4-3-16(9-19(17)31-13)33(29,30)26-6-7-32(27,28)20-5-2-15(8-18(20)26)21-23-11-14(10-22)12-24-21/h2-5,8-9,11-12H,6-7H2,1H3. The topological polar surface area (TPSA) is 134 Å². The number of aryl methyl sites for hydroxylation is 1. The number of sulfone groups is 1. The summed E-state index contributed by atoms with van der Waals surface area (Å²) < 4.78 is 54.4. The first-order valence-electron chi connectivity index (χ1n) is 9.68.